The van der Waals surface area contributed by atoms with Gasteiger partial charge in [0, 0.05) is 11.3 Å². The predicted molar refractivity (Wildman–Crippen MR) is 156 cm³/mol. The standard InChI is InChI=1S/C32H40N2O6/c1-9-32(34(37)38,29(35)39-27-25(20(2)3)15-12-16-26(27)21(4)5)28(33-30(36)40-31(6,7)8)24-18-17-22-13-10-11-14-23(22)19-24/h10-21,28H,9H2,1-8H3,(H,33,36)/t28-,32+/m1/s1. The van der Waals surface area contributed by atoms with E-state index in [1.807, 2.05) is 76.2 Å². The number of rotatable bonds is 9. The normalized spacial score (nSPS) is 14.1. The molecule has 3 aromatic rings. The second-order valence-electron chi connectivity index (χ2n) is 11.7. The molecule has 214 valence electrons. The van der Waals surface area contributed by atoms with E-state index in [-0.39, 0.29) is 18.3 Å². The molecule has 0 radical (unpaired) electrons. The number of hydrogen-bond acceptors (Lipinski definition) is 6. The van der Waals surface area contributed by atoms with E-state index in [0.29, 0.717) is 11.3 Å². The first kappa shape index (κ1) is 30.6. The maximum atomic E-state index is 14.1. The van der Waals surface area contributed by atoms with Crippen molar-refractivity contribution in [1.82, 2.24) is 5.32 Å². The highest BCUT2D eigenvalue weighted by atomic mass is 16.6. The number of benzene rings is 3. The summed E-state index contributed by atoms with van der Waals surface area (Å²) in [5.74, 6) is -0.718. The maximum absolute atomic E-state index is 14.1. The molecule has 3 aromatic carbocycles. The van der Waals surface area contributed by atoms with Crippen molar-refractivity contribution in [2.24, 2.45) is 0 Å². The van der Waals surface area contributed by atoms with Gasteiger partial charge < -0.3 is 14.8 Å². The lowest BCUT2D eigenvalue weighted by molar-refractivity contribution is -0.561. The van der Waals surface area contributed by atoms with Crippen LogP contribution in [0.25, 0.3) is 10.8 Å². The monoisotopic (exact) mass is 548 g/mol. The van der Waals surface area contributed by atoms with Gasteiger partial charge in [-0.15, -0.1) is 0 Å². The zero-order valence-electron chi connectivity index (χ0n) is 24.6. The Labute approximate surface area is 236 Å². The molecule has 40 heavy (non-hydrogen) atoms. The van der Waals surface area contributed by atoms with E-state index in [0.717, 1.165) is 21.9 Å². The summed E-state index contributed by atoms with van der Waals surface area (Å²) < 4.78 is 11.5. The van der Waals surface area contributed by atoms with Gasteiger partial charge in [0.05, 0.1) is 0 Å². The zero-order valence-corrected chi connectivity index (χ0v) is 24.6. The molecule has 0 aliphatic heterocycles. The van der Waals surface area contributed by atoms with Crippen molar-refractivity contribution in [2.75, 3.05) is 0 Å². The van der Waals surface area contributed by atoms with Crippen LogP contribution < -0.4 is 10.1 Å². The molecular weight excluding hydrogens is 508 g/mol. The maximum Gasteiger partial charge on any atom is 0.408 e. The van der Waals surface area contributed by atoms with Crippen molar-refractivity contribution in [1.29, 1.82) is 0 Å². The second-order valence-corrected chi connectivity index (χ2v) is 11.7. The first-order valence-electron chi connectivity index (χ1n) is 13.7. The lowest BCUT2D eigenvalue weighted by Crippen LogP contribution is -2.58. The average molecular weight is 549 g/mol. The highest BCUT2D eigenvalue weighted by Gasteiger charge is 2.60. The number of hydrogen-bond donors (Lipinski definition) is 1. The van der Waals surface area contributed by atoms with Gasteiger partial charge in [0.25, 0.3) is 0 Å². The van der Waals surface area contributed by atoms with Crippen LogP contribution in [0.1, 0.15) is 96.4 Å². The van der Waals surface area contributed by atoms with Gasteiger partial charge in [-0.25, -0.2) is 9.59 Å². The number of carbonyl (C=O) groups excluding carboxylic acids is 2. The van der Waals surface area contributed by atoms with Crippen molar-refractivity contribution in [2.45, 2.75) is 90.8 Å². The zero-order chi connectivity index (χ0) is 29.8. The number of amides is 1. The Kier molecular flexibility index (Phi) is 9.23. The Hall–Kier alpha value is -3.94. The minimum atomic E-state index is -2.35. The lowest BCUT2D eigenvalue weighted by atomic mass is 9.82. The summed E-state index contributed by atoms with van der Waals surface area (Å²) in [5.41, 5.74) is -1.27. The summed E-state index contributed by atoms with van der Waals surface area (Å²) in [4.78, 5) is 39.5. The summed E-state index contributed by atoms with van der Waals surface area (Å²) in [6, 6.07) is 17.0. The Morgan fingerprint density at radius 2 is 1.48 bits per heavy atom. The molecule has 0 spiro atoms. The smallest absolute Gasteiger partial charge is 0.408 e. The summed E-state index contributed by atoms with van der Waals surface area (Å²) in [6.07, 6.45) is -1.11. The fourth-order valence-electron chi connectivity index (χ4n) is 4.85. The molecule has 8 heteroatoms. The number of ether oxygens (including phenoxy) is 2. The second kappa shape index (κ2) is 12.1. The van der Waals surface area contributed by atoms with Crippen LogP contribution in [0, 0.1) is 10.1 Å². The van der Waals surface area contributed by atoms with Crippen LogP contribution in [0.3, 0.4) is 0 Å². The third-order valence-electron chi connectivity index (χ3n) is 6.98. The van der Waals surface area contributed by atoms with Crippen molar-refractivity contribution in [3.8, 4) is 5.75 Å². The number of esters is 1. The highest BCUT2D eigenvalue weighted by molar-refractivity contribution is 5.86. The van der Waals surface area contributed by atoms with E-state index in [1.54, 1.807) is 39.8 Å². The molecule has 1 N–H and O–H groups in total. The fourth-order valence-corrected chi connectivity index (χ4v) is 4.85. The molecule has 0 fully saturated rings. The third-order valence-corrected chi connectivity index (χ3v) is 6.98. The minimum absolute atomic E-state index is 0.00399. The molecular formula is C32H40N2O6. The lowest BCUT2D eigenvalue weighted by Gasteiger charge is -2.32. The van der Waals surface area contributed by atoms with Crippen molar-refractivity contribution in [3.05, 3.63) is 87.5 Å². The van der Waals surface area contributed by atoms with Gasteiger partial charge in [0.2, 0.25) is 0 Å². The van der Waals surface area contributed by atoms with E-state index in [4.69, 9.17) is 9.47 Å². The number of nitro groups is 1. The van der Waals surface area contributed by atoms with Gasteiger partial charge in [-0.3, -0.25) is 10.1 Å². The van der Waals surface area contributed by atoms with Crippen LogP contribution >= 0.6 is 0 Å². The Morgan fingerprint density at radius 1 is 0.900 bits per heavy atom. The number of nitrogens with zero attached hydrogens (tertiary/aromatic N) is 1. The van der Waals surface area contributed by atoms with Gasteiger partial charge in [-0.2, -0.15) is 0 Å². The summed E-state index contributed by atoms with van der Waals surface area (Å²) >= 11 is 0. The number of nitrogens with one attached hydrogen (secondary N) is 1. The number of alkyl carbamates (subject to hydrolysis) is 1. The molecule has 0 bridgehead atoms. The molecule has 8 nitrogen and oxygen atoms in total. The molecule has 0 aliphatic rings. The van der Waals surface area contributed by atoms with Crippen molar-refractivity contribution < 1.29 is 24.0 Å². The minimum Gasteiger partial charge on any atom is -0.444 e. The Balaban J connectivity index is 2.22. The predicted octanol–water partition coefficient (Wildman–Crippen LogP) is 7.68. The van der Waals surface area contributed by atoms with E-state index in [1.165, 1.54) is 0 Å². The molecule has 0 aliphatic carbocycles. The largest absolute Gasteiger partial charge is 0.444 e. The van der Waals surface area contributed by atoms with Crippen LogP contribution in [0.4, 0.5) is 4.79 Å². The first-order chi connectivity index (χ1) is 18.7. The van der Waals surface area contributed by atoms with Crippen LogP contribution in [-0.4, -0.2) is 28.1 Å². The molecule has 0 saturated carbocycles. The third kappa shape index (κ3) is 6.43. The molecule has 0 aromatic heterocycles. The number of para-hydroxylation sites is 1. The van der Waals surface area contributed by atoms with Crippen molar-refractivity contribution >= 4 is 22.8 Å². The van der Waals surface area contributed by atoms with E-state index in [9.17, 15) is 19.7 Å². The first-order valence-corrected chi connectivity index (χ1v) is 13.7. The summed E-state index contributed by atoms with van der Waals surface area (Å²) in [6.45, 7) is 14.5. The van der Waals surface area contributed by atoms with Crippen LogP contribution in [0.5, 0.6) is 5.75 Å². The van der Waals surface area contributed by atoms with E-state index >= 15 is 0 Å². The van der Waals surface area contributed by atoms with Crippen LogP contribution in [0.2, 0.25) is 0 Å². The average Bonchev–Trinajstić information content (AvgIpc) is 2.87. The quantitative estimate of drug-likeness (QED) is 0.127. The molecule has 0 heterocycles. The summed E-state index contributed by atoms with van der Waals surface area (Å²) in [5, 5.41) is 17.4. The van der Waals surface area contributed by atoms with Crippen molar-refractivity contribution in [3.63, 3.8) is 0 Å². The van der Waals surface area contributed by atoms with Gasteiger partial charge >= 0.3 is 17.6 Å². The molecule has 0 saturated heterocycles. The number of carbonyl (C=O) groups is 2. The van der Waals surface area contributed by atoms with Gasteiger partial charge in [0.15, 0.2) is 0 Å². The SMILES string of the molecule is CC[C@@](C(=O)Oc1c(C(C)C)cccc1C(C)C)([C@H](NC(=O)OC(C)(C)C)c1ccc2ccccc2c1)[N+](=O)[O-]. The van der Waals surface area contributed by atoms with E-state index in [2.05, 4.69) is 5.32 Å². The van der Waals surface area contributed by atoms with Gasteiger partial charge in [-0.1, -0.05) is 89.2 Å². The van der Waals surface area contributed by atoms with Crippen LogP contribution in [-0.2, 0) is 9.53 Å². The fraction of sp³-hybridized carbons (Fsp3) is 0.438. The molecule has 2 atom stereocenters. The van der Waals surface area contributed by atoms with Crippen LogP contribution in [0.15, 0.2) is 60.7 Å². The van der Waals surface area contributed by atoms with E-state index < -0.39 is 34.2 Å². The van der Waals surface area contributed by atoms with Gasteiger partial charge in [-0.05, 0) is 66.1 Å². The molecule has 1 amide bonds. The Bertz CT molecular complexity index is 1370. The Morgan fingerprint density at radius 3 is 1.98 bits per heavy atom. The van der Waals surface area contributed by atoms with Gasteiger partial charge in [0.1, 0.15) is 17.4 Å². The number of fused-ring (bicyclic) bond motifs is 1. The highest BCUT2D eigenvalue weighted by Crippen LogP contribution is 2.39. The topological polar surface area (TPSA) is 108 Å². The molecule has 0 unspecified atom stereocenters. The summed E-state index contributed by atoms with van der Waals surface area (Å²) in [7, 11) is 0. The molecule has 3 rings (SSSR count).